The molecule has 0 saturated heterocycles. The molecule has 0 aliphatic carbocycles. The number of benzene rings is 2. The minimum atomic E-state index is -0.580. The number of nitrogens with one attached hydrogen (secondary N) is 2. The van der Waals surface area contributed by atoms with Gasteiger partial charge in [0, 0.05) is 7.05 Å². The Morgan fingerprint density at radius 1 is 1.15 bits per heavy atom. The molecule has 0 fully saturated rings. The molecule has 0 aliphatic heterocycles. The van der Waals surface area contributed by atoms with Gasteiger partial charge in [0.2, 0.25) is 0 Å². The van der Waals surface area contributed by atoms with Crippen molar-refractivity contribution in [2.24, 2.45) is 10.7 Å². The van der Waals surface area contributed by atoms with Gasteiger partial charge >= 0.3 is 0 Å². The number of guanidine groups is 1. The van der Waals surface area contributed by atoms with Crippen molar-refractivity contribution < 1.29 is 9.21 Å². The predicted molar refractivity (Wildman–Crippen MR) is 103 cm³/mol. The number of carbonyl (C=O) groups is 1. The van der Waals surface area contributed by atoms with Gasteiger partial charge in [0.05, 0.1) is 12.6 Å². The molecule has 0 saturated carbocycles. The van der Waals surface area contributed by atoms with E-state index in [0.29, 0.717) is 18.3 Å². The molecule has 0 spiro atoms. The van der Waals surface area contributed by atoms with Gasteiger partial charge in [-0.1, -0.05) is 36.4 Å². The standard InChI is InChI=1S/C20H22N4O2/c1-13(15-8-7-14-5-3-4-6-16(14)11-15)24-20(22-2)23-12-17-9-10-18(26-17)19(21)25/h3-11,13H,12H2,1-2H3,(H2,21,25)(H2,22,23,24). The van der Waals surface area contributed by atoms with Crippen LogP contribution in [0.5, 0.6) is 0 Å². The summed E-state index contributed by atoms with van der Waals surface area (Å²) in [6, 6.07) is 18.0. The van der Waals surface area contributed by atoms with Gasteiger partial charge in [-0.05, 0) is 41.5 Å². The fourth-order valence-corrected chi connectivity index (χ4v) is 2.74. The van der Waals surface area contributed by atoms with Crippen LogP contribution in [0.3, 0.4) is 0 Å². The number of carbonyl (C=O) groups excluding carboxylic acids is 1. The average Bonchev–Trinajstić information content (AvgIpc) is 3.14. The third-order valence-electron chi connectivity index (χ3n) is 4.18. The highest BCUT2D eigenvalue weighted by atomic mass is 16.3. The van der Waals surface area contributed by atoms with Crippen molar-refractivity contribution in [2.45, 2.75) is 19.5 Å². The maximum Gasteiger partial charge on any atom is 0.284 e. The number of nitrogens with zero attached hydrogens (tertiary/aromatic N) is 1. The predicted octanol–water partition coefficient (Wildman–Crippen LogP) is 2.96. The van der Waals surface area contributed by atoms with Crippen LogP contribution in [0.15, 0.2) is 64.0 Å². The van der Waals surface area contributed by atoms with Crippen LogP contribution < -0.4 is 16.4 Å². The molecule has 1 heterocycles. The van der Waals surface area contributed by atoms with E-state index in [9.17, 15) is 4.79 Å². The molecule has 0 radical (unpaired) electrons. The number of rotatable bonds is 5. The van der Waals surface area contributed by atoms with Crippen LogP contribution in [0, 0.1) is 0 Å². The lowest BCUT2D eigenvalue weighted by atomic mass is 10.0. The lowest BCUT2D eigenvalue weighted by Gasteiger charge is -2.18. The molecule has 6 nitrogen and oxygen atoms in total. The summed E-state index contributed by atoms with van der Waals surface area (Å²) in [5, 5.41) is 8.94. The van der Waals surface area contributed by atoms with E-state index < -0.39 is 5.91 Å². The van der Waals surface area contributed by atoms with Crippen LogP contribution in [-0.4, -0.2) is 18.9 Å². The number of primary amides is 1. The van der Waals surface area contributed by atoms with Crippen molar-refractivity contribution in [1.82, 2.24) is 10.6 Å². The van der Waals surface area contributed by atoms with Crippen molar-refractivity contribution in [3.05, 3.63) is 71.7 Å². The Kier molecular flexibility index (Phi) is 5.22. The van der Waals surface area contributed by atoms with E-state index >= 15 is 0 Å². The SMILES string of the molecule is CN=C(NCc1ccc(C(N)=O)o1)NC(C)c1ccc2ccccc2c1. The Morgan fingerprint density at radius 3 is 2.62 bits per heavy atom. The molecule has 1 unspecified atom stereocenters. The summed E-state index contributed by atoms with van der Waals surface area (Å²) >= 11 is 0. The molecule has 6 heteroatoms. The number of nitrogens with two attached hydrogens (primary N) is 1. The quantitative estimate of drug-likeness (QED) is 0.487. The minimum Gasteiger partial charge on any atom is -0.454 e. The summed E-state index contributed by atoms with van der Waals surface area (Å²) in [4.78, 5) is 15.3. The Hall–Kier alpha value is -3.28. The molecule has 4 N–H and O–H groups in total. The number of hydrogen-bond acceptors (Lipinski definition) is 3. The zero-order valence-electron chi connectivity index (χ0n) is 14.8. The topological polar surface area (TPSA) is 92.6 Å². The van der Waals surface area contributed by atoms with Crippen molar-refractivity contribution in [2.75, 3.05) is 7.05 Å². The van der Waals surface area contributed by atoms with Crippen LogP contribution in [0.4, 0.5) is 0 Å². The highest BCUT2D eigenvalue weighted by Crippen LogP contribution is 2.20. The maximum atomic E-state index is 11.1. The van der Waals surface area contributed by atoms with Crippen molar-refractivity contribution in [3.8, 4) is 0 Å². The zero-order chi connectivity index (χ0) is 18.5. The van der Waals surface area contributed by atoms with E-state index in [-0.39, 0.29) is 11.8 Å². The van der Waals surface area contributed by atoms with E-state index in [1.165, 1.54) is 16.3 Å². The number of amides is 1. The Labute approximate surface area is 152 Å². The van der Waals surface area contributed by atoms with E-state index in [1.54, 1.807) is 19.2 Å². The van der Waals surface area contributed by atoms with Gasteiger partial charge in [-0.25, -0.2) is 0 Å². The third kappa shape index (κ3) is 4.03. The fraction of sp³-hybridized carbons (Fsp3) is 0.200. The average molecular weight is 350 g/mol. The first kappa shape index (κ1) is 17.5. The molecule has 3 aromatic rings. The molecule has 3 rings (SSSR count). The number of fused-ring (bicyclic) bond motifs is 1. The molecule has 1 amide bonds. The normalized spacial score (nSPS) is 12.8. The largest absolute Gasteiger partial charge is 0.454 e. The van der Waals surface area contributed by atoms with Gasteiger partial charge < -0.3 is 20.8 Å². The van der Waals surface area contributed by atoms with Gasteiger partial charge in [0.25, 0.3) is 5.91 Å². The molecule has 134 valence electrons. The van der Waals surface area contributed by atoms with Crippen LogP contribution in [0.2, 0.25) is 0 Å². The summed E-state index contributed by atoms with van der Waals surface area (Å²) in [5.41, 5.74) is 6.36. The Bertz CT molecular complexity index is 946. The van der Waals surface area contributed by atoms with Gasteiger partial charge in [0.15, 0.2) is 11.7 Å². The smallest absolute Gasteiger partial charge is 0.284 e. The van der Waals surface area contributed by atoms with Crippen LogP contribution in [0.1, 0.15) is 34.8 Å². The zero-order valence-corrected chi connectivity index (χ0v) is 14.8. The lowest BCUT2D eigenvalue weighted by Crippen LogP contribution is -2.38. The Balaban J connectivity index is 1.63. The minimum absolute atomic E-state index is 0.0728. The molecule has 2 aromatic carbocycles. The molecule has 26 heavy (non-hydrogen) atoms. The van der Waals surface area contributed by atoms with Gasteiger partial charge in [-0.2, -0.15) is 0 Å². The second kappa shape index (κ2) is 7.74. The fourth-order valence-electron chi connectivity index (χ4n) is 2.74. The van der Waals surface area contributed by atoms with Gasteiger partial charge in [0.1, 0.15) is 5.76 Å². The van der Waals surface area contributed by atoms with E-state index in [1.807, 2.05) is 12.1 Å². The summed E-state index contributed by atoms with van der Waals surface area (Å²) in [6.45, 7) is 2.48. The maximum absolute atomic E-state index is 11.1. The summed E-state index contributed by atoms with van der Waals surface area (Å²) < 4.78 is 5.36. The van der Waals surface area contributed by atoms with Crippen LogP contribution in [-0.2, 0) is 6.54 Å². The molecule has 0 bridgehead atoms. The summed E-state index contributed by atoms with van der Waals surface area (Å²) in [6.07, 6.45) is 0. The summed E-state index contributed by atoms with van der Waals surface area (Å²) in [5.74, 6) is 0.820. The van der Waals surface area contributed by atoms with Gasteiger partial charge in [-0.3, -0.25) is 9.79 Å². The first-order chi connectivity index (χ1) is 12.6. The number of hydrogen-bond donors (Lipinski definition) is 3. The van der Waals surface area contributed by atoms with E-state index in [0.717, 1.165) is 0 Å². The van der Waals surface area contributed by atoms with E-state index in [2.05, 4.69) is 52.9 Å². The van der Waals surface area contributed by atoms with Gasteiger partial charge in [-0.15, -0.1) is 0 Å². The molecule has 1 atom stereocenters. The highest BCUT2D eigenvalue weighted by Gasteiger charge is 2.10. The van der Waals surface area contributed by atoms with Crippen molar-refractivity contribution in [3.63, 3.8) is 0 Å². The summed E-state index contributed by atoms with van der Waals surface area (Å²) in [7, 11) is 1.71. The third-order valence-corrected chi connectivity index (χ3v) is 4.18. The molecule has 1 aromatic heterocycles. The number of furan rings is 1. The second-order valence-corrected chi connectivity index (χ2v) is 6.03. The first-order valence-corrected chi connectivity index (χ1v) is 8.41. The van der Waals surface area contributed by atoms with Crippen LogP contribution >= 0.6 is 0 Å². The monoisotopic (exact) mass is 350 g/mol. The lowest BCUT2D eigenvalue weighted by molar-refractivity contribution is 0.0972. The molecule has 0 aliphatic rings. The Morgan fingerprint density at radius 2 is 1.92 bits per heavy atom. The molecular weight excluding hydrogens is 328 g/mol. The second-order valence-electron chi connectivity index (χ2n) is 6.03. The highest BCUT2D eigenvalue weighted by molar-refractivity contribution is 5.89. The van der Waals surface area contributed by atoms with E-state index in [4.69, 9.17) is 10.2 Å². The number of aliphatic imine (C=N–C) groups is 1. The molecular formula is C20H22N4O2. The van der Waals surface area contributed by atoms with Crippen molar-refractivity contribution >= 4 is 22.6 Å². The van der Waals surface area contributed by atoms with Crippen LogP contribution in [0.25, 0.3) is 10.8 Å². The van der Waals surface area contributed by atoms with Crippen molar-refractivity contribution in [1.29, 1.82) is 0 Å². The first-order valence-electron chi connectivity index (χ1n) is 8.41.